The SMILES string of the molecule is Cc1cc(CNC(=O)N2CCCC(C(O)c3nccn3C)C2)c(C)o1. The molecular formula is C18H26N4O3. The molecule has 1 saturated heterocycles. The number of hydrogen-bond acceptors (Lipinski definition) is 4. The number of aryl methyl sites for hydroxylation is 3. The molecule has 1 aliphatic heterocycles. The van der Waals surface area contributed by atoms with Crippen molar-refractivity contribution >= 4 is 6.03 Å². The van der Waals surface area contributed by atoms with Gasteiger partial charge in [-0.15, -0.1) is 0 Å². The second-order valence-electron chi connectivity index (χ2n) is 6.79. The number of imidazole rings is 1. The topological polar surface area (TPSA) is 83.5 Å². The third-order valence-electron chi connectivity index (χ3n) is 4.89. The Bertz CT molecular complexity index is 737. The summed E-state index contributed by atoms with van der Waals surface area (Å²) in [6.07, 6.45) is 4.61. The summed E-state index contributed by atoms with van der Waals surface area (Å²) in [5.74, 6) is 2.33. The summed E-state index contributed by atoms with van der Waals surface area (Å²) in [4.78, 5) is 18.5. The van der Waals surface area contributed by atoms with Crippen molar-refractivity contribution in [1.29, 1.82) is 0 Å². The van der Waals surface area contributed by atoms with E-state index in [-0.39, 0.29) is 11.9 Å². The van der Waals surface area contributed by atoms with E-state index in [2.05, 4.69) is 10.3 Å². The summed E-state index contributed by atoms with van der Waals surface area (Å²) in [6, 6.07) is 1.84. The van der Waals surface area contributed by atoms with Crippen LogP contribution in [-0.2, 0) is 13.6 Å². The van der Waals surface area contributed by atoms with Crippen molar-refractivity contribution in [1.82, 2.24) is 19.8 Å². The molecular weight excluding hydrogens is 320 g/mol. The molecule has 2 aromatic rings. The number of rotatable bonds is 4. The lowest BCUT2D eigenvalue weighted by Gasteiger charge is -2.34. The molecule has 7 heteroatoms. The van der Waals surface area contributed by atoms with Gasteiger partial charge >= 0.3 is 6.03 Å². The Balaban J connectivity index is 1.58. The highest BCUT2D eigenvalue weighted by Crippen LogP contribution is 2.28. The maximum absolute atomic E-state index is 12.5. The van der Waals surface area contributed by atoms with Crippen molar-refractivity contribution in [3.8, 4) is 0 Å². The van der Waals surface area contributed by atoms with Crippen LogP contribution in [0.25, 0.3) is 0 Å². The van der Waals surface area contributed by atoms with Gasteiger partial charge in [-0.25, -0.2) is 9.78 Å². The molecule has 7 nitrogen and oxygen atoms in total. The van der Waals surface area contributed by atoms with Crippen molar-refractivity contribution < 1.29 is 14.3 Å². The number of aliphatic hydroxyl groups is 1. The van der Waals surface area contributed by atoms with Gasteiger partial charge in [0.15, 0.2) is 0 Å². The Hall–Kier alpha value is -2.28. The van der Waals surface area contributed by atoms with Crippen LogP contribution in [0.4, 0.5) is 4.79 Å². The minimum atomic E-state index is -0.658. The predicted molar refractivity (Wildman–Crippen MR) is 92.9 cm³/mol. The molecule has 2 N–H and O–H groups in total. The molecule has 0 saturated carbocycles. The van der Waals surface area contributed by atoms with Gasteiger partial charge in [-0.05, 0) is 32.8 Å². The number of likely N-dealkylation sites (tertiary alicyclic amines) is 1. The van der Waals surface area contributed by atoms with Crippen molar-refractivity contribution in [2.45, 2.75) is 39.3 Å². The zero-order valence-corrected chi connectivity index (χ0v) is 15.0. The van der Waals surface area contributed by atoms with Gasteiger partial charge in [0.05, 0.1) is 0 Å². The van der Waals surface area contributed by atoms with Gasteiger partial charge in [0.1, 0.15) is 23.4 Å². The van der Waals surface area contributed by atoms with Gasteiger partial charge in [-0.1, -0.05) is 0 Å². The van der Waals surface area contributed by atoms with Crippen LogP contribution in [0.3, 0.4) is 0 Å². The molecule has 2 unspecified atom stereocenters. The largest absolute Gasteiger partial charge is 0.466 e. The van der Waals surface area contributed by atoms with E-state index < -0.39 is 6.10 Å². The first kappa shape index (κ1) is 17.5. The van der Waals surface area contributed by atoms with E-state index in [9.17, 15) is 9.90 Å². The lowest BCUT2D eigenvalue weighted by molar-refractivity contribution is 0.0532. The number of furan rings is 1. The van der Waals surface area contributed by atoms with Crippen LogP contribution in [0, 0.1) is 19.8 Å². The number of hydrogen-bond donors (Lipinski definition) is 2. The fraction of sp³-hybridized carbons (Fsp3) is 0.556. The van der Waals surface area contributed by atoms with Crippen molar-refractivity contribution in [3.63, 3.8) is 0 Å². The number of aromatic nitrogens is 2. The Labute approximate surface area is 147 Å². The van der Waals surface area contributed by atoms with Gasteiger partial charge in [-0.3, -0.25) is 0 Å². The Morgan fingerprint density at radius 2 is 2.32 bits per heavy atom. The molecule has 2 amide bonds. The molecule has 3 rings (SSSR count). The number of nitrogens with one attached hydrogen (secondary N) is 1. The standard InChI is InChI=1S/C18H26N4O3/c1-12-9-15(13(2)25-12)10-20-18(24)22-7-4-5-14(11-22)16(23)17-19-6-8-21(17)3/h6,8-9,14,16,23H,4-5,7,10-11H2,1-3H3,(H,20,24). The second-order valence-corrected chi connectivity index (χ2v) is 6.79. The molecule has 136 valence electrons. The van der Waals surface area contributed by atoms with E-state index in [1.54, 1.807) is 11.1 Å². The minimum Gasteiger partial charge on any atom is -0.466 e. The average molecular weight is 346 g/mol. The molecule has 2 atom stereocenters. The highest BCUT2D eigenvalue weighted by atomic mass is 16.3. The van der Waals surface area contributed by atoms with Crippen LogP contribution in [0.15, 0.2) is 22.9 Å². The molecule has 0 bridgehead atoms. The molecule has 0 aliphatic carbocycles. The van der Waals surface area contributed by atoms with Crippen LogP contribution in [0.5, 0.6) is 0 Å². The molecule has 3 heterocycles. The van der Waals surface area contributed by atoms with Gasteiger partial charge in [-0.2, -0.15) is 0 Å². The molecule has 2 aromatic heterocycles. The Morgan fingerprint density at radius 3 is 2.96 bits per heavy atom. The summed E-state index contributed by atoms with van der Waals surface area (Å²) in [6.45, 7) is 5.48. The lowest BCUT2D eigenvalue weighted by atomic mass is 9.92. The fourth-order valence-corrected chi connectivity index (χ4v) is 3.47. The molecule has 0 radical (unpaired) electrons. The zero-order chi connectivity index (χ0) is 18.0. The average Bonchev–Trinajstić information content (AvgIpc) is 3.16. The summed E-state index contributed by atoms with van der Waals surface area (Å²) in [5, 5.41) is 13.6. The first-order chi connectivity index (χ1) is 12.0. The van der Waals surface area contributed by atoms with Gasteiger partial charge in [0.25, 0.3) is 0 Å². The Kier molecular flexibility index (Phi) is 5.13. The third-order valence-corrected chi connectivity index (χ3v) is 4.89. The lowest BCUT2D eigenvalue weighted by Crippen LogP contribution is -2.46. The van der Waals surface area contributed by atoms with Gasteiger partial charge < -0.3 is 24.3 Å². The molecule has 1 fully saturated rings. The quantitative estimate of drug-likeness (QED) is 0.890. The van der Waals surface area contributed by atoms with Crippen LogP contribution >= 0.6 is 0 Å². The van der Waals surface area contributed by atoms with E-state index in [1.807, 2.05) is 37.7 Å². The predicted octanol–water partition coefficient (Wildman–Crippen LogP) is 2.29. The van der Waals surface area contributed by atoms with E-state index >= 15 is 0 Å². The van der Waals surface area contributed by atoms with Crippen molar-refractivity contribution in [3.05, 3.63) is 41.4 Å². The van der Waals surface area contributed by atoms with E-state index in [1.165, 1.54) is 0 Å². The van der Waals surface area contributed by atoms with Gasteiger partial charge in [0, 0.05) is 50.6 Å². The summed E-state index contributed by atoms with van der Waals surface area (Å²) >= 11 is 0. The molecule has 0 aromatic carbocycles. The van der Waals surface area contributed by atoms with Crippen LogP contribution in [0.2, 0.25) is 0 Å². The molecule has 1 aliphatic rings. The maximum atomic E-state index is 12.5. The molecule has 0 spiro atoms. The normalized spacial score (nSPS) is 19.0. The van der Waals surface area contributed by atoms with Crippen LogP contribution < -0.4 is 5.32 Å². The first-order valence-corrected chi connectivity index (χ1v) is 8.69. The smallest absolute Gasteiger partial charge is 0.317 e. The van der Waals surface area contributed by atoms with E-state index in [0.29, 0.717) is 25.5 Å². The number of urea groups is 1. The van der Waals surface area contributed by atoms with Crippen LogP contribution in [0.1, 0.15) is 41.9 Å². The second kappa shape index (κ2) is 7.31. The Morgan fingerprint density at radius 1 is 1.52 bits per heavy atom. The summed E-state index contributed by atoms with van der Waals surface area (Å²) in [7, 11) is 1.87. The number of carbonyl (C=O) groups excluding carboxylic acids is 1. The number of nitrogens with zero attached hydrogens (tertiary/aromatic N) is 3. The van der Waals surface area contributed by atoms with Crippen molar-refractivity contribution in [2.24, 2.45) is 13.0 Å². The maximum Gasteiger partial charge on any atom is 0.317 e. The highest BCUT2D eigenvalue weighted by molar-refractivity contribution is 5.74. The summed E-state index contributed by atoms with van der Waals surface area (Å²) < 4.78 is 7.31. The number of aliphatic hydroxyl groups excluding tert-OH is 1. The van der Waals surface area contributed by atoms with E-state index in [4.69, 9.17) is 4.42 Å². The van der Waals surface area contributed by atoms with Crippen molar-refractivity contribution in [2.75, 3.05) is 13.1 Å². The zero-order valence-electron chi connectivity index (χ0n) is 15.0. The van der Waals surface area contributed by atoms with Gasteiger partial charge in [0.2, 0.25) is 0 Å². The minimum absolute atomic E-state index is 0.00138. The van der Waals surface area contributed by atoms with E-state index in [0.717, 1.165) is 29.9 Å². The third kappa shape index (κ3) is 3.87. The summed E-state index contributed by atoms with van der Waals surface area (Å²) in [5.41, 5.74) is 0.993. The first-order valence-electron chi connectivity index (χ1n) is 8.69. The van der Waals surface area contributed by atoms with Crippen LogP contribution in [-0.4, -0.2) is 38.7 Å². The number of amides is 2. The fourth-order valence-electron chi connectivity index (χ4n) is 3.47. The highest BCUT2D eigenvalue weighted by Gasteiger charge is 2.31. The number of carbonyl (C=O) groups is 1. The molecule has 25 heavy (non-hydrogen) atoms. The monoisotopic (exact) mass is 346 g/mol. The number of piperidine rings is 1.